The van der Waals surface area contributed by atoms with E-state index in [1.54, 1.807) is 0 Å². The minimum atomic E-state index is -1.04. The highest BCUT2D eigenvalue weighted by Gasteiger charge is 2.26. The van der Waals surface area contributed by atoms with E-state index in [0.717, 1.165) is 0 Å². The molecule has 188 valence electrons. The lowest BCUT2D eigenvalue weighted by atomic mass is 10.3. The largest absolute Gasteiger partial charge is 0.102 e. The minimum Gasteiger partial charge on any atom is -0.0901 e. The molecule has 0 saturated carbocycles. The molecule has 0 fully saturated rings. The Bertz CT molecular complexity index is 1380. The molecule has 0 N–H and O–H groups in total. The van der Waals surface area contributed by atoms with E-state index in [1.807, 2.05) is 11.8 Å². The molecule has 6 rings (SSSR count). The molecule has 0 nitrogen and oxygen atoms in total. The zero-order valence-corrected chi connectivity index (χ0v) is 24.4. The van der Waals surface area contributed by atoms with Crippen LogP contribution in [0.25, 0.3) is 0 Å². The Morgan fingerprint density at radius 2 is 0.487 bits per heavy atom. The second-order valence-electron chi connectivity index (χ2n) is 9.36. The van der Waals surface area contributed by atoms with Crippen molar-refractivity contribution < 1.29 is 0 Å². The molecule has 0 aromatic heterocycles. The Morgan fingerprint density at radius 3 is 0.744 bits per heavy atom. The van der Waals surface area contributed by atoms with Gasteiger partial charge in [0.1, 0.15) is 31.8 Å². The second-order valence-corrected chi connectivity index (χ2v) is 15.5. The molecule has 6 aromatic carbocycles. The summed E-state index contributed by atoms with van der Waals surface area (Å²) in [5.41, 5.74) is 0. The molecule has 0 aliphatic carbocycles. The van der Waals surface area contributed by atoms with Gasteiger partial charge in [-0.05, 0) is 97.1 Å². The van der Waals surface area contributed by atoms with Crippen LogP contribution < -0.4 is 31.8 Å². The van der Waals surface area contributed by atoms with Gasteiger partial charge in [0.05, 0.1) is 15.8 Å². The van der Waals surface area contributed by atoms with Crippen LogP contribution in [-0.4, -0.2) is 0 Å². The fourth-order valence-corrected chi connectivity index (χ4v) is 10.9. The summed E-state index contributed by atoms with van der Waals surface area (Å²) in [6.45, 7) is 0. The van der Waals surface area contributed by atoms with E-state index in [2.05, 4.69) is 170 Å². The lowest BCUT2D eigenvalue weighted by Gasteiger charge is -2.12. The molecule has 0 saturated heterocycles. The first kappa shape index (κ1) is 25.8. The van der Waals surface area contributed by atoms with E-state index >= 15 is 0 Å². The molecule has 0 heterocycles. The summed E-state index contributed by atoms with van der Waals surface area (Å²) in [4.78, 5) is 2.54. The fraction of sp³-hybridized carbons (Fsp3) is 0. The first-order valence-electron chi connectivity index (χ1n) is 13.2. The van der Waals surface area contributed by atoms with Gasteiger partial charge in [-0.1, -0.05) is 84.6 Å². The summed E-state index contributed by atoms with van der Waals surface area (Å²) >= 11 is 1.83. The molecule has 0 aliphatic heterocycles. The third-order valence-electron chi connectivity index (χ3n) is 6.77. The first-order valence-corrected chi connectivity index (χ1v) is 17.0. The molecule has 0 radical (unpaired) electrons. The van der Waals surface area contributed by atoms with Crippen LogP contribution in [0.15, 0.2) is 180 Å². The summed E-state index contributed by atoms with van der Waals surface area (Å²) in [5, 5.41) is 8.49. The van der Waals surface area contributed by atoms with Crippen molar-refractivity contribution in [1.29, 1.82) is 0 Å². The van der Waals surface area contributed by atoms with Crippen molar-refractivity contribution in [2.75, 3.05) is 0 Å². The van der Waals surface area contributed by atoms with E-state index in [9.17, 15) is 0 Å². The predicted molar refractivity (Wildman–Crippen MR) is 177 cm³/mol. The van der Waals surface area contributed by atoms with Crippen LogP contribution in [0.4, 0.5) is 0 Å². The highest BCUT2D eigenvalue weighted by Crippen LogP contribution is 2.36. The van der Waals surface area contributed by atoms with Crippen molar-refractivity contribution in [2.24, 2.45) is 0 Å². The summed E-state index contributed by atoms with van der Waals surface area (Å²) in [5.74, 6) is 0. The van der Waals surface area contributed by atoms with E-state index in [4.69, 9.17) is 0 Å². The maximum Gasteiger partial charge on any atom is 0.102 e. The number of rotatable bonds is 8. The van der Waals surface area contributed by atoms with Gasteiger partial charge in [-0.25, -0.2) is 0 Å². The lowest BCUT2D eigenvalue weighted by Crippen LogP contribution is -2.20. The standard InChI is InChI=1S/C36H28P2S/c1-5-13-29(14-6-1)37(30-15-7-2-8-16-30)33-21-25-35(26-22-33)39-36-27-23-34(24-28-36)38(31-17-9-3-10-18-31)32-19-11-4-12-20-32/h1-28H/p+2. The summed E-state index contributed by atoms with van der Waals surface area (Å²) < 4.78 is 0. The van der Waals surface area contributed by atoms with Crippen molar-refractivity contribution in [2.45, 2.75) is 9.79 Å². The quantitative estimate of drug-likeness (QED) is 0.186. The van der Waals surface area contributed by atoms with Gasteiger partial charge >= 0.3 is 0 Å². The van der Waals surface area contributed by atoms with Crippen LogP contribution >= 0.6 is 27.6 Å². The maximum absolute atomic E-state index is 2.33. The third-order valence-corrected chi connectivity index (χ3v) is 13.3. The normalized spacial score (nSPS) is 11.1. The number of hydrogen-bond donors (Lipinski definition) is 0. The van der Waals surface area contributed by atoms with Crippen molar-refractivity contribution in [1.82, 2.24) is 0 Å². The maximum atomic E-state index is 2.33. The monoisotopic (exact) mass is 556 g/mol. The van der Waals surface area contributed by atoms with Gasteiger partial charge in [0, 0.05) is 9.79 Å². The highest BCUT2D eigenvalue weighted by molar-refractivity contribution is 7.99. The van der Waals surface area contributed by atoms with Crippen molar-refractivity contribution in [3.05, 3.63) is 170 Å². The average Bonchev–Trinajstić information content (AvgIpc) is 3.01. The van der Waals surface area contributed by atoms with Crippen LogP contribution in [0.2, 0.25) is 0 Å². The minimum absolute atomic E-state index is 1.04. The third kappa shape index (κ3) is 6.24. The average molecular weight is 557 g/mol. The summed E-state index contributed by atoms with van der Waals surface area (Å²) in [6.07, 6.45) is 0. The highest BCUT2D eigenvalue weighted by atomic mass is 32.2. The van der Waals surface area contributed by atoms with Gasteiger partial charge in [0.25, 0.3) is 0 Å². The number of hydrogen-bond acceptors (Lipinski definition) is 1. The molecule has 0 spiro atoms. The Kier molecular flexibility index (Phi) is 8.32. The molecule has 39 heavy (non-hydrogen) atoms. The summed E-state index contributed by atoms with van der Waals surface area (Å²) in [7, 11) is -2.08. The van der Waals surface area contributed by atoms with Crippen LogP contribution in [-0.2, 0) is 0 Å². The predicted octanol–water partition coefficient (Wildman–Crippen LogP) is 6.82. The van der Waals surface area contributed by atoms with E-state index < -0.39 is 15.8 Å². The van der Waals surface area contributed by atoms with Gasteiger partial charge < -0.3 is 0 Å². The molecule has 0 bridgehead atoms. The zero-order valence-electron chi connectivity index (χ0n) is 21.6. The van der Waals surface area contributed by atoms with Crippen molar-refractivity contribution in [3.8, 4) is 0 Å². The molecule has 3 heteroatoms. The molecular formula is C36H30P2S+2. The smallest absolute Gasteiger partial charge is 0.0901 e. The Balaban J connectivity index is 1.24. The zero-order chi connectivity index (χ0) is 26.3. The molecule has 6 aromatic rings. The molecule has 0 aliphatic rings. The summed E-state index contributed by atoms with van der Waals surface area (Å²) in [6, 6.07) is 62.2. The van der Waals surface area contributed by atoms with Crippen LogP contribution in [0, 0.1) is 0 Å². The fourth-order valence-electron chi connectivity index (χ4n) is 4.93. The van der Waals surface area contributed by atoms with Crippen LogP contribution in [0.1, 0.15) is 0 Å². The lowest BCUT2D eigenvalue weighted by molar-refractivity contribution is 1.42. The first-order chi connectivity index (χ1) is 19.3. The molecule has 0 unspecified atom stereocenters. The van der Waals surface area contributed by atoms with Crippen molar-refractivity contribution >= 4 is 59.4 Å². The van der Waals surface area contributed by atoms with Crippen LogP contribution in [0.3, 0.4) is 0 Å². The van der Waals surface area contributed by atoms with Gasteiger partial charge in [-0.3, -0.25) is 0 Å². The molecule has 0 amide bonds. The topological polar surface area (TPSA) is 0 Å². The van der Waals surface area contributed by atoms with Gasteiger partial charge in [0.2, 0.25) is 0 Å². The van der Waals surface area contributed by atoms with E-state index in [-0.39, 0.29) is 0 Å². The van der Waals surface area contributed by atoms with Crippen LogP contribution in [0.5, 0.6) is 0 Å². The molecular weight excluding hydrogens is 526 g/mol. The van der Waals surface area contributed by atoms with Gasteiger partial charge in [0.15, 0.2) is 0 Å². The number of benzene rings is 6. The Labute approximate surface area is 238 Å². The Morgan fingerprint density at radius 1 is 0.256 bits per heavy atom. The Hall–Kier alpha value is -3.47. The second kappa shape index (κ2) is 12.6. The SMILES string of the molecule is c1ccc([PH+](c2ccccc2)c2ccc(Sc3ccc([PH+](c4ccccc4)c4ccccc4)cc3)cc2)cc1. The van der Waals surface area contributed by atoms with Gasteiger partial charge in [-0.15, -0.1) is 0 Å². The van der Waals surface area contributed by atoms with E-state index in [1.165, 1.54) is 41.6 Å². The van der Waals surface area contributed by atoms with Crippen molar-refractivity contribution in [3.63, 3.8) is 0 Å². The van der Waals surface area contributed by atoms with E-state index in [0.29, 0.717) is 0 Å². The molecule has 0 atom stereocenters. The van der Waals surface area contributed by atoms with Gasteiger partial charge in [-0.2, -0.15) is 0 Å².